The van der Waals surface area contributed by atoms with Crippen molar-refractivity contribution in [2.45, 2.75) is 12.8 Å². The number of hydrogen-bond acceptors (Lipinski definition) is 3. The van der Waals surface area contributed by atoms with Crippen molar-refractivity contribution < 1.29 is 4.79 Å². The van der Waals surface area contributed by atoms with Gasteiger partial charge in [0.05, 0.1) is 11.6 Å². The number of para-hydroxylation sites is 1. The summed E-state index contributed by atoms with van der Waals surface area (Å²) < 4.78 is 0. The van der Waals surface area contributed by atoms with Gasteiger partial charge >= 0.3 is 0 Å². The predicted molar refractivity (Wildman–Crippen MR) is 99.3 cm³/mol. The van der Waals surface area contributed by atoms with E-state index >= 15 is 0 Å². The van der Waals surface area contributed by atoms with Gasteiger partial charge in [0.2, 0.25) is 5.91 Å². The monoisotopic (exact) mass is 332 g/mol. The van der Waals surface area contributed by atoms with E-state index in [1.54, 1.807) is 12.1 Å². The van der Waals surface area contributed by atoms with Gasteiger partial charge in [-0.1, -0.05) is 18.2 Å². The van der Waals surface area contributed by atoms with Gasteiger partial charge < -0.3 is 15.6 Å². The Kier molecular flexibility index (Phi) is 5.32. The number of rotatable bonds is 7. The number of H-pyrrole nitrogens is 1. The fraction of sp³-hybridized carbons (Fsp3) is 0.200. The number of aromatic amines is 1. The van der Waals surface area contributed by atoms with Gasteiger partial charge in [0.15, 0.2) is 0 Å². The zero-order valence-corrected chi connectivity index (χ0v) is 13.9. The van der Waals surface area contributed by atoms with E-state index in [1.165, 1.54) is 10.9 Å². The maximum atomic E-state index is 11.9. The van der Waals surface area contributed by atoms with Gasteiger partial charge in [-0.2, -0.15) is 5.26 Å². The molecule has 0 aliphatic heterocycles. The van der Waals surface area contributed by atoms with Crippen LogP contribution in [0.5, 0.6) is 0 Å². The third-order valence-electron chi connectivity index (χ3n) is 4.09. The van der Waals surface area contributed by atoms with Crippen LogP contribution in [0.25, 0.3) is 10.9 Å². The molecule has 2 aromatic carbocycles. The summed E-state index contributed by atoms with van der Waals surface area (Å²) in [6.45, 7) is 1.18. The van der Waals surface area contributed by atoms with Gasteiger partial charge in [0, 0.05) is 42.3 Å². The second-order valence-electron chi connectivity index (χ2n) is 5.83. The lowest BCUT2D eigenvalue weighted by Crippen LogP contribution is -2.27. The highest BCUT2D eigenvalue weighted by Crippen LogP contribution is 2.17. The van der Waals surface area contributed by atoms with Crippen LogP contribution in [0.2, 0.25) is 0 Å². The van der Waals surface area contributed by atoms with Crippen LogP contribution >= 0.6 is 0 Å². The smallest absolute Gasteiger partial charge is 0.221 e. The van der Waals surface area contributed by atoms with Crippen LogP contribution in [0.15, 0.2) is 54.7 Å². The average molecular weight is 332 g/mol. The SMILES string of the molecule is N#Cc1ccc(NCCC(=O)NCCc2c[nH]c3ccccc23)cc1. The van der Waals surface area contributed by atoms with Gasteiger partial charge in [0.25, 0.3) is 0 Å². The number of nitrogens with one attached hydrogen (secondary N) is 3. The molecule has 0 radical (unpaired) electrons. The molecule has 126 valence electrons. The van der Waals surface area contributed by atoms with Crippen molar-refractivity contribution in [3.63, 3.8) is 0 Å². The Labute approximate surface area is 146 Å². The van der Waals surface area contributed by atoms with Crippen molar-refractivity contribution in [2.75, 3.05) is 18.4 Å². The molecule has 5 nitrogen and oxygen atoms in total. The quantitative estimate of drug-likeness (QED) is 0.621. The molecule has 3 aromatic rings. The molecule has 0 bridgehead atoms. The van der Waals surface area contributed by atoms with Gasteiger partial charge in [-0.25, -0.2) is 0 Å². The largest absolute Gasteiger partial charge is 0.385 e. The van der Waals surface area contributed by atoms with Crippen LogP contribution in [-0.2, 0) is 11.2 Å². The van der Waals surface area contributed by atoms with E-state index in [0.29, 0.717) is 25.1 Å². The van der Waals surface area contributed by atoms with Crippen molar-refractivity contribution >= 4 is 22.5 Å². The number of anilines is 1. The Morgan fingerprint density at radius 3 is 2.68 bits per heavy atom. The van der Waals surface area contributed by atoms with Crippen LogP contribution in [0, 0.1) is 11.3 Å². The van der Waals surface area contributed by atoms with E-state index in [0.717, 1.165) is 17.6 Å². The number of hydrogen-bond donors (Lipinski definition) is 3. The van der Waals surface area contributed by atoms with E-state index in [-0.39, 0.29) is 5.91 Å². The molecule has 1 amide bonds. The lowest BCUT2D eigenvalue weighted by molar-refractivity contribution is -0.120. The molecule has 0 aliphatic rings. The fourth-order valence-corrected chi connectivity index (χ4v) is 2.75. The number of nitriles is 1. The molecule has 0 unspecified atom stereocenters. The highest BCUT2D eigenvalue weighted by atomic mass is 16.1. The fourth-order valence-electron chi connectivity index (χ4n) is 2.75. The Morgan fingerprint density at radius 2 is 1.88 bits per heavy atom. The number of benzene rings is 2. The molecule has 1 heterocycles. The first-order valence-electron chi connectivity index (χ1n) is 8.32. The summed E-state index contributed by atoms with van der Waals surface area (Å²) in [6, 6.07) is 17.4. The number of carbonyl (C=O) groups is 1. The molecule has 0 saturated heterocycles. The zero-order chi connectivity index (χ0) is 17.5. The molecule has 3 rings (SSSR count). The summed E-state index contributed by atoms with van der Waals surface area (Å²) in [5.41, 5.74) is 3.87. The molecular weight excluding hydrogens is 312 g/mol. The summed E-state index contributed by atoms with van der Waals surface area (Å²) in [6.07, 6.45) is 3.22. The van der Waals surface area contributed by atoms with Gasteiger partial charge in [-0.3, -0.25) is 4.79 Å². The first kappa shape index (κ1) is 16.6. The van der Waals surface area contributed by atoms with Gasteiger partial charge in [-0.15, -0.1) is 0 Å². The Balaban J connectivity index is 1.38. The lowest BCUT2D eigenvalue weighted by Gasteiger charge is -2.07. The predicted octanol–water partition coefficient (Wildman–Crippen LogP) is 3.20. The minimum atomic E-state index is 0.0287. The van der Waals surface area contributed by atoms with E-state index in [2.05, 4.69) is 27.8 Å². The summed E-state index contributed by atoms with van der Waals surface area (Å²) in [5, 5.41) is 16.1. The first-order chi connectivity index (χ1) is 12.3. The molecule has 0 fully saturated rings. The summed E-state index contributed by atoms with van der Waals surface area (Å²) in [4.78, 5) is 15.2. The van der Waals surface area contributed by atoms with E-state index < -0.39 is 0 Å². The van der Waals surface area contributed by atoms with Crippen molar-refractivity contribution in [1.82, 2.24) is 10.3 Å². The van der Waals surface area contributed by atoms with Gasteiger partial charge in [0.1, 0.15) is 0 Å². The highest BCUT2D eigenvalue weighted by Gasteiger charge is 2.04. The van der Waals surface area contributed by atoms with Crippen LogP contribution < -0.4 is 10.6 Å². The minimum Gasteiger partial charge on any atom is -0.385 e. The van der Waals surface area contributed by atoms with Crippen molar-refractivity contribution in [3.05, 3.63) is 65.9 Å². The van der Waals surface area contributed by atoms with Crippen molar-refractivity contribution in [3.8, 4) is 6.07 Å². The number of nitrogens with zero attached hydrogens (tertiary/aromatic N) is 1. The summed E-state index contributed by atoms with van der Waals surface area (Å²) in [5.74, 6) is 0.0287. The second kappa shape index (κ2) is 8.02. The standard InChI is InChI=1S/C20H20N4O/c21-13-15-5-7-17(8-6-15)22-12-10-20(25)23-11-9-16-14-24-19-4-2-1-3-18(16)19/h1-8,14,22,24H,9-12H2,(H,23,25). The van der Waals surface area contributed by atoms with Crippen molar-refractivity contribution in [2.24, 2.45) is 0 Å². The van der Waals surface area contributed by atoms with Crippen LogP contribution in [-0.4, -0.2) is 24.0 Å². The molecule has 25 heavy (non-hydrogen) atoms. The maximum absolute atomic E-state index is 11.9. The average Bonchev–Trinajstić information content (AvgIpc) is 3.06. The third kappa shape index (κ3) is 4.39. The molecule has 0 aliphatic carbocycles. The number of fused-ring (bicyclic) bond motifs is 1. The molecule has 1 aromatic heterocycles. The first-order valence-corrected chi connectivity index (χ1v) is 8.32. The summed E-state index contributed by atoms with van der Waals surface area (Å²) >= 11 is 0. The maximum Gasteiger partial charge on any atom is 0.221 e. The van der Waals surface area contributed by atoms with E-state index in [9.17, 15) is 4.79 Å². The molecular formula is C20H20N4O. The molecule has 3 N–H and O–H groups in total. The zero-order valence-electron chi connectivity index (χ0n) is 13.9. The van der Waals surface area contributed by atoms with Gasteiger partial charge in [-0.05, 0) is 42.3 Å². The Hall–Kier alpha value is -3.26. The normalized spacial score (nSPS) is 10.4. The highest BCUT2D eigenvalue weighted by molar-refractivity contribution is 5.83. The number of amides is 1. The Morgan fingerprint density at radius 1 is 1.08 bits per heavy atom. The number of aromatic nitrogens is 1. The van der Waals surface area contributed by atoms with Crippen LogP contribution in [0.1, 0.15) is 17.5 Å². The molecule has 0 spiro atoms. The Bertz CT molecular complexity index is 890. The summed E-state index contributed by atoms with van der Waals surface area (Å²) in [7, 11) is 0. The number of carbonyl (C=O) groups excluding carboxylic acids is 1. The molecule has 5 heteroatoms. The lowest BCUT2D eigenvalue weighted by atomic mass is 10.1. The van der Waals surface area contributed by atoms with E-state index in [4.69, 9.17) is 5.26 Å². The van der Waals surface area contributed by atoms with Crippen LogP contribution in [0.4, 0.5) is 5.69 Å². The third-order valence-corrected chi connectivity index (χ3v) is 4.09. The van der Waals surface area contributed by atoms with E-state index in [1.807, 2.05) is 36.5 Å². The second-order valence-corrected chi connectivity index (χ2v) is 5.83. The minimum absolute atomic E-state index is 0.0287. The topological polar surface area (TPSA) is 80.7 Å². The van der Waals surface area contributed by atoms with Crippen LogP contribution in [0.3, 0.4) is 0 Å². The van der Waals surface area contributed by atoms with Crippen molar-refractivity contribution in [1.29, 1.82) is 5.26 Å². The molecule has 0 atom stereocenters. The molecule has 0 saturated carbocycles.